The Morgan fingerprint density at radius 2 is 1.78 bits per heavy atom. The Hall–Kier alpha value is -1.97. The van der Waals surface area contributed by atoms with Crippen molar-refractivity contribution < 1.29 is 9.47 Å². The van der Waals surface area contributed by atoms with Gasteiger partial charge in [-0.25, -0.2) is 0 Å². The Labute approximate surface area is 142 Å². The molecule has 0 N–H and O–H groups in total. The van der Waals surface area contributed by atoms with E-state index < -0.39 is 0 Å². The first-order chi connectivity index (χ1) is 11.2. The molecular weight excluding hydrogens is 310 g/mol. The molecule has 0 spiro atoms. The summed E-state index contributed by atoms with van der Waals surface area (Å²) in [7, 11) is 2.10. The highest BCUT2D eigenvalue weighted by Gasteiger charge is 2.12. The van der Waals surface area contributed by atoms with Crippen LogP contribution in [0.1, 0.15) is 11.1 Å². The van der Waals surface area contributed by atoms with Crippen LogP contribution in [-0.4, -0.2) is 31.7 Å². The van der Waals surface area contributed by atoms with Gasteiger partial charge in [-0.2, -0.15) is 0 Å². The predicted molar refractivity (Wildman–Crippen MR) is 94.3 cm³/mol. The lowest BCUT2D eigenvalue weighted by atomic mass is 10.1. The number of likely N-dealkylation sites (N-methyl/N-ethyl adjacent to an activating group) is 1. The number of hydrogen-bond donors (Lipinski definition) is 0. The quantitative estimate of drug-likeness (QED) is 0.818. The highest BCUT2D eigenvalue weighted by molar-refractivity contribution is 6.30. The maximum Gasteiger partial charge on any atom is 0.161 e. The zero-order chi connectivity index (χ0) is 16.1. The van der Waals surface area contributed by atoms with Crippen LogP contribution >= 0.6 is 11.6 Å². The molecule has 0 aliphatic carbocycles. The molecule has 23 heavy (non-hydrogen) atoms. The summed E-state index contributed by atoms with van der Waals surface area (Å²) in [6.07, 6.45) is 4.26. The molecule has 0 unspecified atom stereocenters. The number of benzene rings is 2. The number of hydrogen-bond acceptors (Lipinski definition) is 3. The van der Waals surface area contributed by atoms with Gasteiger partial charge in [0.05, 0.1) is 0 Å². The molecule has 0 amide bonds. The standard InChI is InChI=1S/C19H20ClNO2/c1-21(10-2-3-15-4-7-17(20)8-5-15)14-16-6-9-18-19(13-16)23-12-11-22-18/h2-9,13H,10-12,14H2,1H3. The van der Waals surface area contributed by atoms with Crippen molar-refractivity contribution in [2.75, 3.05) is 26.8 Å². The fraction of sp³-hybridized carbons (Fsp3) is 0.263. The van der Waals surface area contributed by atoms with Gasteiger partial charge in [-0.05, 0) is 42.4 Å². The van der Waals surface area contributed by atoms with Crippen LogP contribution in [0.4, 0.5) is 0 Å². The minimum Gasteiger partial charge on any atom is -0.486 e. The second-order valence-corrected chi connectivity index (χ2v) is 6.07. The Morgan fingerprint density at radius 3 is 2.57 bits per heavy atom. The molecule has 0 atom stereocenters. The Bertz CT molecular complexity index is 682. The van der Waals surface area contributed by atoms with Crippen molar-refractivity contribution in [3.63, 3.8) is 0 Å². The summed E-state index contributed by atoms with van der Waals surface area (Å²) in [5.41, 5.74) is 2.37. The van der Waals surface area contributed by atoms with Crippen molar-refractivity contribution in [1.29, 1.82) is 0 Å². The summed E-state index contributed by atoms with van der Waals surface area (Å²) >= 11 is 5.89. The van der Waals surface area contributed by atoms with E-state index in [0.29, 0.717) is 13.2 Å². The van der Waals surface area contributed by atoms with Crippen LogP contribution in [0.5, 0.6) is 11.5 Å². The van der Waals surface area contributed by atoms with Crippen LogP contribution in [0.3, 0.4) is 0 Å². The molecule has 0 fully saturated rings. The van der Waals surface area contributed by atoms with E-state index in [9.17, 15) is 0 Å². The second kappa shape index (κ2) is 7.53. The minimum absolute atomic E-state index is 0.621. The molecular formula is C19H20ClNO2. The van der Waals surface area contributed by atoms with Crippen LogP contribution in [0.15, 0.2) is 48.5 Å². The van der Waals surface area contributed by atoms with E-state index in [0.717, 1.165) is 35.2 Å². The number of halogens is 1. The Morgan fingerprint density at radius 1 is 1.04 bits per heavy atom. The minimum atomic E-state index is 0.621. The van der Waals surface area contributed by atoms with Crippen LogP contribution in [-0.2, 0) is 6.54 Å². The monoisotopic (exact) mass is 329 g/mol. The van der Waals surface area contributed by atoms with Crippen LogP contribution < -0.4 is 9.47 Å². The molecule has 3 rings (SSSR count). The number of ether oxygens (including phenoxy) is 2. The number of nitrogens with zero attached hydrogens (tertiary/aromatic N) is 1. The molecule has 1 aliphatic rings. The molecule has 4 heteroatoms. The van der Waals surface area contributed by atoms with Crippen molar-refractivity contribution in [2.45, 2.75) is 6.54 Å². The van der Waals surface area contributed by atoms with Gasteiger partial charge in [-0.15, -0.1) is 0 Å². The van der Waals surface area contributed by atoms with Gasteiger partial charge in [0.2, 0.25) is 0 Å². The van der Waals surface area contributed by atoms with Crippen LogP contribution in [0, 0.1) is 0 Å². The maximum absolute atomic E-state index is 5.89. The molecule has 2 aromatic rings. The molecule has 0 saturated heterocycles. The molecule has 0 bridgehead atoms. The zero-order valence-corrected chi connectivity index (χ0v) is 13.9. The van der Waals surface area contributed by atoms with Gasteiger partial charge in [0.15, 0.2) is 11.5 Å². The molecule has 0 aromatic heterocycles. The molecule has 1 heterocycles. The summed E-state index contributed by atoms with van der Waals surface area (Å²) in [5.74, 6) is 1.68. The summed E-state index contributed by atoms with van der Waals surface area (Å²) in [5, 5.41) is 0.762. The Balaban J connectivity index is 1.54. The number of fused-ring (bicyclic) bond motifs is 1. The summed E-state index contributed by atoms with van der Waals surface area (Å²) in [6, 6.07) is 14.0. The topological polar surface area (TPSA) is 21.7 Å². The highest BCUT2D eigenvalue weighted by Crippen LogP contribution is 2.31. The average Bonchev–Trinajstić information content (AvgIpc) is 2.56. The van der Waals surface area contributed by atoms with E-state index in [2.05, 4.69) is 36.2 Å². The normalized spacial score (nSPS) is 13.7. The fourth-order valence-corrected chi connectivity index (χ4v) is 2.63. The maximum atomic E-state index is 5.89. The smallest absolute Gasteiger partial charge is 0.161 e. The summed E-state index contributed by atoms with van der Waals surface area (Å²) in [4.78, 5) is 2.25. The van der Waals surface area contributed by atoms with E-state index in [1.165, 1.54) is 5.56 Å². The van der Waals surface area contributed by atoms with E-state index in [4.69, 9.17) is 21.1 Å². The predicted octanol–water partition coefficient (Wildman–Crippen LogP) is 4.26. The highest BCUT2D eigenvalue weighted by atomic mass is 35.5. The first kappa shape index (κ1) is 15.9. The van der Waals surface area contributed by atoms with Crippen molar-refractivity contribution >= 4 is 17.7 Å². The van der Waals surface area contributed by atoms with Crippen LogP contribution in [0.2, 0.25) is 5.02 Å². The van der Waals surface area contributed by atoms with Crippen molar-refractivity contribution in [3.8, 4) is 11.5 Å². The molecule has 3 nitrogen and oxygen atoms in total. The molecule has 0 radical (unpaired) electrons. The number of rotatable bonds is 5. The van der Waals surface area contributed by atoms with E-state index >= 15 is 0 Å². The third-order valence-electron chi connectivity index (χ3n) is 3.66. The SMILES string of the molecule is CN(CC=Cc1ccc(Cl)cc1)Cc1ccc2c(c1)OCCO2. The molecule has 2 aromatic carbocycles. The van der Waals surface area contributed by atoms with E-state index in [1.807, 2.05) is 30.3 Å². The lowest BCUT2D eigenvalue weighted by Gasteiger charge is -2.20. The first-order valence-corrected chi connectivity index (χ1v) is 8.08. The first-order valence-electron chi connectivity index (χ1n) is 7.70. The van der Waals surface area contributed by atoms with Gasteiger partial charge in [0.1, 0.15) is 13.2 Å². The summed E-state index contributed by atoms with van der Waals surface area (Å²) in [6.45, 7) is 2.98. The van der Waals surface area contributed by atoms with Crippen molar-refractivity contribution in [1.82, 2.24) is 4.90 Å². The van der Waals surface area contributed by atoms with E-state index in [-0.39, 0.29) is 0 Å². The lowest BCUT2D eigenvalue weighted by Crippen LogP contribution is -2.19. The zero-order valence-electron chi connectivity index (χ0n) is 13.2. The van der Waals surface area contributed by atoms with Crippen molar-refractivity contribution in [2.24, 2.45) is 0 Å². The molecule has 1 aliphatic heterocycles. The Kier molecular flexibility index (Phi) is 5.21. The van der Waals surface area contributed by atoms with Gasteiger partial charge < -0.3 is 9.47 Å². The third kappa shape index (κ3) is 4.50. The van der Waals surface area contributed by atoms with Gasteiger partial charge in [0.25, 0.3) is 0 Å². The lowest BCUT2D eigenvalue weighted by molar-refractivity contribution is 0.171. The van der Waals surface area contributed by atoms with Crippen molar-refractivity contribution in [3.05, 3.63) is 64.7 Å². The average molecular weight is 330 g/mol. The van der Waals surface area contributed by atoms with Crippen LogP contribution in [0.25, 0.3) is 6.08 Å². The molecule has 0 saturated carbocycles. The summed E-state index contributed by atoms with van der Waals surface area (Å²) < 4.78 is 11.2. The van der Waals surface area contributed by atoms with Gasteiger partial charge in [0, 0.05) is 18.1 Å². The molecule has 120 valence electrons. The fourth-order valence-electron chi connectivity index (χ4n) is 2.50. The van der Waals surface area contributed by atoms with Gasteiger partial charge >= 0.3 is 0 Å². The second-order valence-electron chi connectivity index (χ2n) is 5.63. The third-order valence-corrected chi connectivity index (χ3v) is 3.91. The van der Waals surface area contributed by atoms with Gasteiger partial charge in [-0.1, -0.05) is 42.0 Å². The van der Waals surface area contributed by atoms with Gasteiger partial charge in [-0.3, -0.25) is 4.90 Å². The van der Waals surface area contributed by atoms with E-state index in [1.54, 1.807) is 0 Å². The largest absolute Gasteiger partial charge is 0.486 e.